The van der Waals surface area contributed by atoms with Gasteiger partial charge in [0.15, 0.2) is 0 Å². The molecule has 0 spiro atoms. The van der Waals surface area contributed by atoms with Crippen molar-refractivity contribution in [1.82, 2.24) is 9.55 Å². The quantitative estimate of drug-likeness (QED) is 0.852. The van der Waals surface area contributed by atoms with Gasteiger partial charge in [-0.2, -0.15) is 5.26 Å². The lowest BCUT2D eigenvalue weighted by atomic mass is 10.2. The van der Waals surface area contributed by atoms with Crippen LogP contribution in [0.15, 0.2) is 35.2 Å². The molecule has 86 valence electrons. The molecule has 1 aromatic carbocycles. The fourth-order valence-electron chi connectivity index (χ4n) is 1.41. The Kier molecular flexibility index (Phi) is 3.20. The SMILES string of the molecule is N#Cc1cc(Br)ccc1-n1cnc(C(F)F)c1. The number of alkyl halides is 2. The van der Waals surface area contributed by atoms with E-state index in [9.17, 15) is 8.78 Å². The van der Waals surface area contributed by atoms with Crippen molar-refractivity contribution >= 4 is 15.9 Å². The molecule has 2 rings (SSSR count). The fraction of sp³-hybridized carbons (Fsp3) is 0.0909. The number of hydrogen-bond acceptors (Lipinski definition) is 2. The van der Waals surface area contributed by atoms with Crippen LogP contribution in [0.4, 0.5) is 8.78 Å². The summed E-state index contributed by atoms with van der Waals surface area (Å²) in [6, 6.07) is 7.03. The molecule has 0 N–H and O–H groups in total. The van der Waals surface area contributed by atoms with Crippen molar-refractivity contribution in [2.24, 2.45) is 0 Å². The van der Waals surface area contributed by atoms with Crippen LogP contribution in [0, 0.1) is 11.3 Å². The molecule has 0 aliphatic rings. The minimum Gasteiger partial charge on any atom is -0.304 e. The maximum absolute atomic E-state index is 12.4. The van der Waals surface area contributed by atoms with Crippen molar-refractivity contribution in [3.05, 3.63) is 46.5 Å². The molecule has 0 radical (unpaired) electrons. The summed E-state index contributed by atoms with van der Waals surface area (Å²) >= 11 is 3.24. The number of aromatic nitrogens is 2. The van der Waals surface area contributed by atoms with Crippen molar-refractivity contribution in [2.45, 2.75) is 6.43 Å². The first kappa shape index (κ1) is 11.7. The summed E-state index contributed by atoms with van der Waals surface area (Å²) in [6.45, 7) is 0. The van der Waals surface area contributed by atoms with Crippen LogP contribution in [-0.2, 0) is 0 Å². The average Bonchev–Trinajstić information content (AvgIpc) is 2.78. The summed E-state index contributed by atoms with van der Waals surface area (Å²) in [5.74, 6) is 0. The highest BCUT2D eigenvalue weighted by atomic mass is 79.9. The Morgan fingerprint density at radius 2 is 2.18 bits per heavy atom. The molecule has 0 amide bonds. The number of nitrogens with zero attached hydrogens (tertiary/aromatic N) is 3. The minimum absolute atomic E-state index is 0.309. The molecule has 0 saturated heterocycles. The van der Waals surface area contributed by atoms with Crippen molar-refractivity contribution in [1.29, 1.82) is 5.26 Å². The van der Waals surface area contributed by atoms with E-state index < -0.39 is 6.43 Å². The lowest BCUT2D eigenvalue weighted by Crippen LogP contribution is -1.94. The molecule has 0 fully saturated rings. The molecule has 17 heavy (non-hydrogen) atoms. The summed E-state index contributed by atoms with van der Waals surface area (Å²) in [6.07, 6.45) is -0.127. The van der Waals surface area contributed by atoms with Gasteiger partial charge in [0.05, 0.1) is 17.6 Å². The van der Waals surface area contributed by atoms with Gasteiger partial charge in [-0.3, -0.25) is 0 Å². The molecule has 0 aliphatic carbocycles. The minimum atomic E-state index is -2.61. The zero-order valence-corrected chi connectivity index (χ0v) is 10.0. The Balaban J connectivity index is 2.49. The fourth-order valence-corrected chi connectivity index (χ4v) is 1.77. The lowest BCUT2D eigenvalue weighted by molar-refractivity contribution is 0.146. The molecule has 0 aliphatic heterocycles. The van der Waals surface area contributed by atoms with E-state index in [4.69, 9.17) is 5.26 Å². The first-order valence-corrected chi connectivity index (χ1v) is 5.43. The van der Waals surface area contributed by atoms with E-state index in [1.807, 2.05) is 6.07 Å². The van der Waals surface area contributed by atoms with E-state index in [2.05, 4.69) is 20.9 Å². The van der Waals surface area contributed by atoms with Crippen LogP contribution in [-0.4, -0.2) is 9.55 Å². The molecule has 6 heteroatoms. The van der Waals surface area contributed by atoms with E-state index >= 15 is 0 Å². The predicted molar refractivity (Wildman–Crippen MR) is 60.9 cm³/mol. The van der Waals surface area contributed by atoms with Gasteiger partial charge >= 0.3 is 0 Å². The second-order valence-electron chi connectivity index (χ2n) is 3.28. The van der Waals surface area contributed by atoms with E-state index in [-0.39, 0.29) is 5.69 Å². The summed E-state index contributed by atoms with van der Waals surface area (Å²) in [7, 11) is 0. The number of nitriles is 1. The van der Waals surface area contributed by atoms with Crippen LogP contribution in [0.5, 0.6) is 0 Å². The van der Waals surface area contributed by atoms with Gasteiger partial charge < -0.3 is 4.57 Å². The maximum atomic E-state index is 12.4. The molecular formula is C11H6BrF2N3. The topological polar surface area (TPSA) is 41.6 Å². The van der Waals surface area contributed by atoms with Gasteiger partial charge in [0.25, 0.3) is 6.43 Å². The van der Waals surface area contributed by atoms with Crippen molar-refractivity contribution in [2.75, 3.05) is 0 Å². The van der Waals surface area contributed by atoms with E-state index in [0.29, 0.717) is 11.3 Å². The lowest BCUT2D eigenvalue weighted by Gasteiger charge is -2.04. The standard InChI is InChI=1S/C11H6BrF2N3/c12-8-1-2-10(7(3-8)4-15)17-5-9(11(13)14)16-6-17/h1-3,5-6,11H. The predicted octanol–water partition coefficient (Wildman–Crippen LogP) is 3.44. The van der Waals surface area contributed by atoms with Crippen LogP contribution in [0.3, 0.4) is 0 Å². The Labute approximate surface area is 104 Å². The highest BCUT2D eigenvalue weighted by Crippen LogP contribution is 2.22. The Bertz CT molecular complexity index is 587. The van der Waals surface area contributed by atoms with Gasteiger partial charge in [-0.05, 0) is 18.2 Å². The van der Waals surface area contributed by atoms with Crippen molar-refractivity contribution < 1.29 is 8.78 Å². The smallest absolute Gasteiger partial charge is 0.281 e. The second-order valence-corrected chi connectivity index (χ2v) is 4.20. The first-order chi connectivity index (χ1) is 8.11. The van der Waals surface area contributed by atoms with Crippen LogP contribution >= 0.6 is 15.9 Å². The Morgan fingerprint density at radius 3 is 2.76 bits per heavy atom. The molecule has 2 aromatic rings. The third kappa shape index (κ3) is 2.34. The number of imidazole rings is 1. The van der Waals surface area contributed by atoms with Gasteiger partial charge in [-0.15, -0.1) is 0 Å². The number of halogens is 3. The molecule has 3 nitrogen and oxygen atoms in total. The molecule has 0 unspecified atom stereocenters. The largest absolute Gasteiger partial charge is 0.304 e. The molecule has 0 atom stereocenters. The van der Waals surface area contributed by atoms with Gasteiger partial charge in [0, 0.05) is 10.7 Å². The summed E-state index contributed by atoms with van der Waals surface area (Å²) in [4.78, 5) is 3.58. The number of hydrogen-bond donors (Lipinski definition) is 0. The average molecular weight is 298 g/mol. The van der Waals surface area contributed by atoms with E-state index in [1.54, 1.807) is 18.2 Å². The van der Waals surface area contributed by atoms with Gasteiger partial charge in [0.1, 0.15) is 11.8 Å². The monoisotopic (exact) mass is 297 g/mol. The highest BCUT2D eigenvalue weighted by Gasteiger charge is 2.12. The number of rotatable bonds is 2. The Morgan fingerprint density at radius 1 is 1.41 bits per heavy atom. The molecular weight excluding hydrogens is 292 g/mol. The maximum Gasteiger partial charge on any atom is 0.281 e. The Hall–Kier alpha value is -1.74. The van der Waals surface area contributed by atoms with Crippen LogP contribution < -0.4 is 0 Å². The van der Waals surface area contributed by atoms with E-state index in [0.717, 1.165) is 4.47 Å². The summed E-state index contributed by atoms with van der Waals surface area (Å²) in [5.41, 5.74) is 0.601. The zero-order chi connectivity index (χ0) is 12.4. The van der Waals surface area contributed by atoms with Gasteiger partial charge in [-0.25, -0.2) is 13.8 Å². The second kappa shape index (κ2) is 4.63. The third-order valence-corrected chi connectivity index (χ3v) is 2.68. The molecule has 1 heterocycles. The highest BCUT2D eigenvalue weighted by molar-refractivity contribution is 9.10. The molecule has 1 aromatic heterocycles. The van der Waals surface area contributed by atoms with Gasteiger partial charge in [0.2, 0.25) is 0 Å². The normalized spacial score (nSPS) is 10.5. The van der Waals surface area contributed by atoms with Crippen LogP contribution in [0.25, 0.3) is 5.69 Å². The molecule has 0 bridgehead atoms. The van der Waals surface area contributed by atoms with Crippen molar-refractivity contribution in [3.63, 3.8) is 0 Å². The van der Waals surface area contributed by atoms with Crippen molar-refractivity contribution in [3.8, 4) is 11.8 Å². The molecule has 0 saturated carbocycles. The van der Waals surface area contributed by atoms with Crippen LogP contribution in [0.2, 0.25) is 0 Å². The van der Waals surface area contributed by atoms with Gasteiger partial charge in [-0.1, -0.05) is 15.9 Å². The summed E-state index contributed by atoms with van der Waals surface area (Å²) < 4.78 is 27.0. The zero-order valence-electron chi connectivity index (χ0n) is 8.44. The third-order valence-electron chi connectivity index (χ3n) is 2.18. The summed E-state index contributed by atoms with van der Waals surface area (Å²) in [5, 5.41) is 8.97. The number of benzene rings is 1. The first-order valence-electron chi connectivity index (χ1n) is 4.64. The van der Waals surface area contributed by atoms with E-state index in [1.165, 1.54) is 17.1 Å². The van der Waals surface area contributed by atoms with Crippen LogP contribution in [0.1, 0.15) is 17.7 Å².